The molecule has 0 unspecified atom stereocenters. The molecule has 1 heterocycles. The molecule has 1 saturated heterocycles. The Hall–Kier alpha value is -1.07. The van der Waals surface area contributed by atoms with E-state index in [2.05, 4.69) is 26.6 Å². The quantitative estimate of drug-likeness (QED) is 0.825. The summed E-state index contributed by atoms with van der Waals surface area (Å²) >= 11 is 3.45. The lowest BCUT2D eigenvalue weighted by molar-refractivity contribution is -0.121. The molecule has 1 aliphatic rings. The van der Waals surface area contributed by atoms with E-state index in [1.807, 2.05) is 18.2 Å². The van der Waals surface area contributed by atoms with Crippen LogP contribution in [0.2, 0.25) is 0 Å². The number of benzene rings is 1. The summed E-state index contributed by atoms with van der Waals surface area (Å²) < 4.78 is 6.10. The third kappa shape index (κ3) is 5.32. The minimum absolute atomic E-state index is 0.139. The van der Waals surface area contributed by atoms with Crippen molar-refractivity contribution >= 4 is 21.8 Å². The molecular weight excluding hydrogens is 332 g/mol. The topological polar surface area (TPSA) is 50.4 Å². The van der Waals surface area contributed by atoms with Crippen molar-refractivity contribution in [3.63, 3.8) is 0 Å². The molecule has 1 aromatic carbocycles. The Kier molecular flexibility index (Phi) is 6.51. The normalized spacial score (nSPS) is 15.7. The van der Waals surface area contributed by atoms with Crippen LogP contribution in [0.1, 0.15) is 31.2 Å². The number of carbonyl (C=O) groups excluding carboxylic acids is 1. The maximum absolute atomic E-state index is 11.9. The van der Waals surface area contributed by atoms with Gasteiger partial charge in [0.2, 0.25) is 5.91 Å². The first-order chi connectivity index (χ1) is 10.2. The van der Waals surface area contributed by atoms with Crippen LogP contribution in [0.5, 0.6) is 5.75 Å². The molecule has 1 aliphatic heterocycles. The highest BCUT2D eigenvalue weighted by molar-refractivity contribution is 9.10. The number of rotatable bonds is 6. The van der Waals surface area contributed by atoms with Crippen LogP contribution in [0, 0.1) is 5.92 Å². The fraction of sp³-hybridized carbons (Fsp3) is 0.562. The average Bonchev–Trinajstić information content (AvgIpc) is 2.52. The van der Waals surface area contributed by atoms with Gasteiger partial charge in [-0.25, -0.2) is 0 Å². The van der Waals surface area contributed by atoms with E-state index < -0.39 is 0 Å². The van der Waals surface area contributed by atoms with Crippen molar-refractivity contribution < 1.29 is 9.53 Å². The van der Waals surface area contributed by atoms with Crippen LogP contribution in [0.15, 0.2) is 22.7 Å². The van der Waals surface area contributed by atoms with Gasteiger partial charge >= 0.3 is 0 Å². The highest BCUT2D eigenvalue weighted by Crippen LogP contribution is 2.25. The molecule has 0 aliphatic carbocycles. The van der Waals surface area contributed by atoms with Gasteiger partial charge in [0.05, 0.1) is 11.6 Å². The molecule has 2 N–H and O–H groups in total. The van der Waals surface area contributed by atoms with Gasteiger partial charge in [-0.05, 0) is 71.9 Å². The summed E-state index contributed by atoms with van der Waals surface area (Å²) in [6.45, 7) is 2.74. The van der Waals surface area contributed by atoms with Crippen molar-refractivity contribution in [3.8, 4) is 5.75 Å². The molecule has 4 nitrogen and oxygen atoms in total. The summed E-state index contributed by atoms with van der Waals surface area (Å²) in [4.78, 5) is 11.9. The summed E-state index contributed by atoms with van der Waals surface area (Å²) in [6.07, 6.45) is 4.01. The van der Waals surface area contributed by atoms with E-state index in [0.717, 1.165) is 35.3 Å². The van der Waals surface area contributed by atoms with Gasteiger partial charge in [0.15, 0.2) is 0 Å². The highest BCUT2D eigenvalue weighted by atomic mass is 79.9. The summed E-state index contributed by atoms with van der Waals surface area (Å²) in [5.41, 5.74) is 1.07. The molecule has 0 aromatic heterocycles. The Labute approximate surface area is 134 Å². The molecular formula is C16H23BrN2O2. The molecule has 0 spiro atoms. The molecule has 0 bridgehead atoms. The van der Waals surface area contributed by atoms with Gasteiger partial charge in [-0.1, -0.05) is 6.07 Å². The van der Waals surface area contributed by atoms with Crippen LogP contribution >= 0.6 is 15.9 Å². The third-order valence-electron chi connectivity index (χ3n) is 3.94. The number of hydrogen-bond donors (Lipinski definition) is 2. The standard InChI is InChI=1S/C16H23BrN2O2/c1-21-15-4-2-13(10-14(15)17)11-19-16(20)5-3-12-6-8-18-9-7-12/h2,4,10,12,18H,3,5-9,11H2,1H3,(H,19,20). The molecule has 5 heteroatoms. The monoisotopic (exact) mass is 354 g/mol. The number of carbonyl (C=O) groups is 1. The van der Waals surface area contributed by atoms with Crippen LogP contribution in [-0.2, 0) is 11.3 Å². The van der Waals surface area contributed by atoms with Gasteiger partial charge in [-0.2, -0.15) is 0 Å². The van der Waals surface area contributed by atoms with Crippen LogP contribution in [0.25, 0.3) is 0 Å². The molecule has 0 radical (unpaired) electrons. The van der Waals surface area contributed by atoms with E-state index in [1.54, 1.807) is 7.11 Å². The van der Waals surface area contributed by atoms with Crippen molar-refractivity contribution in [1.29, 1.82) is 0 Å². The molecule has 21 heavy (non-hydrogen) atoms. The fourth-order valence-electron chi connectivity index (χ4n) is 2.61. The SMILES string of the molecule is COc1ccc(CNC(=O)CCC2CCNCC2)cc1Br. The summed E-state index contributed by atoms with van der Waals surface area (Å²) in [5, 5.41) is 6.34. The van der Waals surface area contributed by atoms with Crippen molar-refractivity contribution in [2.24, 2.45) is 5.92 Å². The predicted octanol–water partition coefficient (Wildman–Crippen LogP) is 2.85. The van der Waals surface area contributed by atoms with E-state index in [9.17, 15) is 4.79 Å². The second kappa shape index (κ2) is 8.39. The maximum Gasteiger partial charge on any atom is 0.220 e. The summed E-state index contributed by atoms with van der Waals surface area (Å²) in [7, 11) is 1.64. The zero-order valence-electron chi connectivity index (χ0n) is 12.5. The lowest BCUT2D eigenvalue weighted by atomic mass is 9.93. The minimum atomic E-state index is 0.139. The Balaban J connectivity index is 1.71. The summed E-state index contributed by atoms with van der Waals surface area (Å²) in [5.74, 6) is 1.64. The van der Waals surface area contributed by atoms with Crippen LogP contribution in [0.4, 0.5) is 0 Å². The first kappa shape index (κ1) is 16.3. The second-order valence-electron chi connectivity index (χ2n) is 5.48. The van der Waals surface area contributed by atoms with Gasteiger partial charge in [0.1, 0.15) is 5.75 Å². The van der Waals surface area contributed by atoms with Gasteiger partial charge in [0.25, 0.3) is 0 Å². The first-order valence-electron chi connectivity index (χ1n) is 7.49. The Bertz CT molecular complexity index is 473. The molecule has 2 rings (SSSR count). The Morgan fingerprint density at radius 3 is 2.86 bits per heavy atom. The Morgan fingerprint density at radius 2 is 2.19 bits per heavy atom. The number of nitrogens with one attached hydrogen (secondary N) is 2. The zero-order valence-corrected chi connectivity index (χ0v) is 14.0. The van der Waals surface area contributed by atoms with E-state index in [1.165, 1.54) is 12.8 Å². The third-order valence-corrected chi connectivity index (χ3v) is 4.56. The second-order valence-corrected chi connectivity index (χ2v) is 6.33. The van der Waals surface area contributed by atoms with Crippen LogP contribution in [-0.4, -0.2) is 26.1 Å². The number of piperidine rings is 1. The predicted molar refractivity (Wildman–Crippen MR) is 87.4 cm³/mol. The fourth-order valence-corrected chi connectivity index (χ4v) is 3.20. The highest BCUT2D eigenvalue weighted by Gasteiger charge is 2.14. The number of amides is 1. The number of methoxy groups -OCH3 is 1. The zero-order chi connectivity index (χ0) is 15.1. The lowest BCUT2D eigenvalue weighted by Gasteiger charge is -2.22. The van der Waals surface area contributed by atoms with E-state index >= 15 is 0 Å². The van der Waals surface area contributed by atoms with E-state index in [0.29, 0.717) is 18.9 Å². The molecule has 0 atom stereocenters. The van der Waals surface area contributed by atoms with Gasteiger partial charge < -0.3 is 15.4 Å². The van der Waals surface area contributed by atoms with Gasteiger partial charge in [-0.15, -0.1) is 0 Å². The largest absolute Gasteiger partial charge is 0.496 e. The lowest BCUT2D eigenvalue weighted by Crippen LogP contribution is -2.29. The Morgan fingerprint density at radius 1 is 1.43 bits per heavy atom. The van der Waals surface area contributed by atoms with E-state index in [4.69, 9.17) is 4.74 Å². The molecule has 0 saturated carbocycles. The molecule has 1 amide bonds. The molecule has 116 valence electrons. The number of ether oxygens (including phenoxy) is 1. The molecule has 1 fully saturated rings. The number of halogens is 1. The van der Waals surface area contributed by atoms with Gasteiger partial charge in [0, 0.05) is 13.0 Å². The first-order valence-corrected chi connectivity index (χ1v) is 8.28. The molecule has 1 aromatic rings. The van der Waals surface area contributed by atoms with Crippen LogP contribution < -0.4 is 15.4 Å². The van der Waals surface area contributed by atoms with Crippen LogP contribution in [0.3, 0.4) is 0 Å². The van der Waals surface area contributed by atoms with Gasteiger partial charge in [-0.3, -0.25) is 4.79 Å². The summed E-state index contributed by atoms with van der Waals surface area (Å²) in [6, 6.07) is 5.85. The average molecular weight is 355 g/mol. The maximum atomic E-state index is 11.9. The number of hydrogen-bond acceptors (Lipinski definition) is 3. The smallest absolute Gasteiger partial charge is 0.220 e. The van der Waals surface area contributed by atoms with Crippen molar-refractivity contribution in [2.45, 2.75) is 32.2 Å². The van der Waals surface area contributed by atoms with Crippen molar-refractivity contribution in [3.05, 3.63) is 28.2 Å². The van der Waals surface area contributed by atoms with E-state index in [-0.39, 0.29) is 5.91 Å². The van der Waals surface area contributed by atoms with Crippen molar-refractivity contribution in [2.75, 3.05) is 20.2 Å². The minimum Gasteiger partial charge on any atom is -0.496 e. The van der Waals surface area contributed by atoms with Crippen molar-refractivity contribution in [1.82, 2.24) is 10.6 Å².